The van der Waals surface area contributed by atoms with Crippen molar-refractivity contribution in [2.45, 2.75) is 0 Å². The number of fused-ring (bicyclic) bond motifs is 8. The van der Waals surface area contributed by atoms with Gasteiger partial charge in [0.05, 0.1) is 0 Å². The van der Waals surface area contributed by atoms with E-state index in [1.54, 1.807) is 0 Å². The van der Waals surface area contributed by atoms with E-state index >= 15 is 0 Å². The van der Waals surface area contributed by atoms with Gasteiger partial charge in [0.1, 0.15) is 5.52 Å². The second-order valence-electron chi connectivity index (χ2n) is 14.4. The Kier molecular flexibility index (Phi) is 7.49. The topological polar surface area (TPSA) is 29.3 Å². The van der Waals surface area contributed by atoms with Crippen LogP contribution in [0.15, 0.2) is 211 Å². The first-order chi connectivity index (χ1) is 27.7. The number of hydrogen-bond donors (Lipinski definition) is 0. The molecule has 3 nitrogen and oxygen atoms in total. The summed E-state index contributed by atoms with van der Waals surface area (Å²) in [5.41, 5.74) is 10.6. The zero-order chi connectivity index (χ0) is 37.0. The van der Waals surface area contributed by atoms with Gasteiger partial charge in [-0.1, -0.05) is 152 Å². The van der Waals surface area contributed by atoms with E-state index in [2.05, 4.69) is 181 Å². The molecule has 0 amide bonds. The first-order valence-corrected chi connectivity index (χ1v) is 19.0. The maximum absolute atomic E-state index is 6.60. The summed E-state index contributed by atoms with van der Waals surface area (Å²) in [4.78, 5) is 7.31. The van der Waals surface area contributed by atoms with E-state index in [9.17, 15) is 0 Å². The molecular formula is C53H34N2O. The average molecular weight is 715 g/mol. The van der Waals surface area contributed by atoms with Crippen molar-refractivity contribution in [2.75, 3.05) is 4.90 Å². The number of anilines is 3. The molecule has 1 aromatic heterocycles. The van der Waals surface area contributed by atoms with E-state index in [1.165, 1.54) is 43.8 Å². The second-order valence-corrected chi connectivity index (χ2v) is 14.4. The Morgan fingerprint density at radius 3 is 1.75 bits per heavy atom. The van der Waals surface area contributed by atoms with Gasteiger partial charge < -0.3 is 9.32 Å². The third kappa shape index (κ3) is 5.40. The maximum atomic E-state index is 6.60. The third-order valence-corrected chi connectivity index (χ3v) is 11.0. The average Bonchev–Trinajstić information content (AvgIpc) is 3.72. The van der Waals surface area contributed by atoms with Crippen molar-refractivity contribution < 1.29 is 4.42 Å². The largest absolute Gasteiger partial charge is 0.435 e. The Balaban J connectivity index is 1.12. The molecule has 11 aromatic rings. The lowest BCUT2D eigenvalue weighted by atomic mass is 9.95. The molecular weight excluding hydrogens is 681 g/mol. The quantitative estimate of drug-likeness (QED) is 0.161. The summed E-state index contributed by atoms with van der Waals surface area (Å²) >= 11 is 0. The van der Waals surface area contributed by atoms with Crippen molar-refractivity contribution in [3.63, 3.8) is 0 Å². The summed E-state index contributed by atoms with van der Waals surface area (Å²) in [6.07, 6.45) is 0. The molecule has 10 aromatic carbocycles. The zero-order valence-electron chi connectivity index (χ0n) is 30.4. The molecule has 11 rings (SSSR count). The van der Waals surface area contributed by atoms with E-state index < -0.39 is 0 Å². The van der Waals surface area contributed by atoms with Crippen LogP contribution >= 0.6 is 0 Å². The van der Waals surface area contributed by atoms with Crippen molar-refractivity contribution in [2.24, 2.45) is 0 Å². The number of nitrogens with zero attached hydrogens (tertiary/aromatic N) is 2. The number of rotatable bonds is 6. The fourth-order valence-corrected chi connectivity index (χ4v) is 8.37. The Bertz CT molecular complexity index is 3250. The summed E-state index contributed by atoms with van der Waals surface area (Å²) in [7, 11) is 0. The van der Waals surface area contributed by atoms with E-state index in [-0.39, 0.29) is 0 Å². The molecule has 56 heavy (non-hydrogen) atoms. The van der Waals surface area contributed by atoms with Gasteiger partial charge in [-0.2, -0.15) is 0 Å². The summed E-state index contributed by atoms with van der Waals surface area (Å²) in [6.45, 7) is 0. The fourth-order valence-electron chi connectivity index (χ4n) is 8.37. The fraction of sp³-hybridized carbons (Fsp3) is 0. The molecule has 0 fully saturated rings. The second kappa shape index (κ2) is 13.1. The smallest absolute Gasteiger partial charge is 0.227 e. The Morgan fingerprint density at radius 2 is 0.946 bits per heavy atom. The van der Waals surface area contributed by atoms with Gasteiger partial charge in [-0.15, -0.1) is 0 Å². The minimum Gasteiger partial charge on any atom is -0.435 e. The van der Waals surface area contributed by atoms with Crippen LogP contribution < -0.4 is 4.90 Å². The van der Waals surface area contributed by atoms with Crippen LogP contribution in [-0.4, -0.2) is 4.98 Å². The van der Waals surface area contributed by atoms with Crippen LogP contribution in [0.25, 0.3) is 87.9 Å². The van der Waals surface area contributed by atoms with E-state index in [0.29, 0.717) is 5.89 Å². The van der Waals surface area contributed by atoms with Crippen LogP contribution in [0.1, 0.15) is 0 Å². The predicted octanol–water partition coefficient (Wildman–Crippen LogP) is 14.9. The molecule has 0 aliphatic heterocycles. The molecule has 0 saturated carbocycles. The van der Waals surface area contributed by atoms with Crippen molar-refractivity contribution >= 4 is 71.3 Å². The highest BCUT2D eigenvalue weighted by atomic mass is 16.3. The van der Waals surface area contributed by atoms with Crippen LogP contribution in [0.2, 0.25) is 0 Å². The van der Waals surface area contributed by atoms with Gasteiger partial charge in [-0.25, -0.2) is 4.98 Å². The van der Waals surface area contributed by atoms with Crippen LogP contribution in [0.4, 0.5) is 17.1 Å². The van der Waals surface area contributed by atoms with Crippen LogP contribution in [0.3, 0.4) is 0 Å². The lowest BCUT2D eigenvalue weighted by Crippen LogP contribution is -2.10. The number of oxazole rings is 1. The Labute approximate surface area is 324 Å². The molecule has 0 spiro atoms. The molecule has 262 valence electrons. The summed E-state index contributed by atoms with van der Waals surface area (Å²) in [5.74, 6) is 0.631. The van der Waals surface area contributed by atoms with Crippen molar-refractivity contribution in [3.8, 4) is 33.7 Å². The highest BCUT2D eigenvalue weighted by Crippen LogP contribution is 2.43. The molecule has 0 atom stereocenters. The Morgan fingerprint density at radius 1 is 0.357 bits per heavy atom. The van der Waals surface area contributed by atoms with Gasteiger partial charge in [0.2, 0.25) is 5.89 Å². The van der Waals surface area contributed by atoms with Gasteiger partial charge in [-0.05, 0) is 109 Å². The van der Waals surface area contributed by atoms with Crippen molar-refractivity contribution in [3.05, 3.63) is 206 Å². The van der Waals surface area contributed by atoms with Gasteiger partial charge in [0.15, 0.2) is 5.58 Å². The van der Waals surface area contributed by atoms with E-state index in [1.807, 2.05) is 30.3 Å². The number of aromatic nitrogens is 1. The first kappa shape index (κ1) is 32.0. The molecule has 0 bridgehead atoms. The SMILES string of the molecule is c1ccc(-c2cccc(N(c3cccc(-c4cccc5ccccc45)c3)c3ccc4c(ccc5ccc6ccc7nc(-c8ccccc8)oc7c6c54)c3)c2)cc1. The van der Waals surface area contributed by atoms with E-state index in [0.717, 1.165) is 55.3 Å². The highest BCUT2D eigenvalue weighted by molar-refractivity contribution is 6.26. The standard InChI is InChI=1S/C53H34N2O/c1-3-12-35(13-4-1)40-18-9-20-43(32-40)55(44-21-10-19-41(33-44)47-23-11-17-36-14-7-8-22-46(36)47)45-29-30-48-42(34-45)27-26-37-24-25-38-28-31-49-52(51(38)50(37)48)56-53(54-49)39-15-5-2-6-16-39/h1-34H. The third-order valence-electron chi connectivity index (χ3n) is 11.0. The molecule has 0 aliphatic carbocycles. The lowest BCUT2D eigenvalue weighted by molar-refractivity contribution is 0.623. The predicted molar refractivity (Wildman–Crippen MR) is 235 cm³/mol. The molecule has 0 saturated heterocycles. The molecule has 0 aliphatic rings. The monoisotopic (exact) mass is 714 g/mol. The Hall–Kier alpha value is -7.49. The van der Waals surface area contributed by atoms with Gasteiger partial charge in [0, 0.05) is 33.4 Å². The lowest BCUT2D eigenvalue weighted by Gasteiger charge is -2.27. The van der Waals surface area contributed by atoms with Gasteiger partial charge in [-0.3, -0.25) is 0 Å². The van der Waals surface area contributed by atoms with Crippen LogP contribution in [-0.2, 0) is 0 Å². The molecule has 0 N–H and O–H groups in total. The normalized spacial score (nSPS) is 11.6. The summed E-state index contributed by atoms with van der Waals surface area (Å²) < 4.78 is 6.60. The zero-order valence-corrected chi connectivity index (χ0v) is 30.4. The van der Waals surface area contributed by atoms with Gasteiger partial charge >= 0.3 is 0 Å². The molecule has 0 unspecified atom stereocenters. The van der Waals surface area contributed by atoms with Crippen molar-refractivity contribution in [1.82, 2.24) is 4.98 Å². The minimum absolute atomic E-state index is 0.631. The number of benzene rings is 10. The maximum Gasteiger partial charge on any atom is 0.227 e. The first-order valence-electron chi connectivity index (χ1n) is 19.0. The van der Waals surface area contributed by atoms with Crippen molar-refractivity contribution in [1.29, 1.82) is 0 Å². The minimum atomic E-state index is 0.631. The summed E-state index contributed by atoms with van der Waals surface area (Å²) in [5, 5.41) is 9.34. The molecule has 0 radical (unpaired) electrons. The molecule has 1 heterocycles. The highest BCUT2D eigenvalue weighted by Gasteiger charge is 2.19. The summed E-state index contributed by atoms with van der Waals surface area (Å²) in [6, 6.07) is 73.7. The van der Waals surface area contributed by atoms with Gasteiger partial charge in [0.25, 0.3) is 0 Å². The van der Waals surface area contributed by atoms with Crippen LogP contribution in [0.5, 0.6) is 0 Å². The van der Waals surface area contributed by atoms with Crippen LogP contribution in [0, 0.1) is 0 Å². The van der Waals surface area contributed by atoms with E-state index in [4.69, 9.17) is 9.40 Å². The number of hydrogen-bond acceptors (Lipinski definition) is 3. The molecule has 3 heteroatoms.